The zero-order valence-electron chi connectivity index (χ0n) is 8.29. The Hall–Kier alpha value is -1.38. The van der Waals surface area contributed by atoms with Crippen molar-refractivity contribution in [2.75, 3.05) is 6.61 Å². The van der Waals surface area contributed by atoms with Gasteiger partial charge in [-0.05, 0) is 19.8 Å². The van der Waals surface area contributed by atoms with Crippen molar-refractivity contribution in [2.24, 2.45) is 0 Å². The number of Topliss-reactive ketones (excluding diaryl/α,β-unsaturated/α-hetero) is 1. The van der Waals surface area contributed by atoms with Crippen molar-refractivity contribution in [3.05, 3.63) is 23.8 Å². The summed E-state index contributed by atoms with van der Waals surface area (Å²) in [5.41, 5.74) is 0.629. The van der Waals surface area contributed by atoms with Gasteiger partial charge in [-0.2, -0.15) is 0 Å². The van der Waals surface area contributed by atoms with Crippen LogP contribution in [-0.2, 0) is 14.3 Å². The maximum Gasteiger partial charge on any atom is 0.313 e. The van der Waals surface area contributed by atoms with E-state index >= 15 is 0 Å². The van der Waals surface area contributed by atoms with E-state index < -0.39 is 5.97 Å². The fourth-order valence-electron chi connectivity index (χ4n) is 1.27. The lowest BCUT2D eigenvalue weighted by atomic mass is 10.0. The van der Waals surface area contributed by atoms with E-state index in [4.69, 9.17) is 4.74 Å². The summed E-state index contributed by atoms with van der Waals surface area (Å²) >= 11 is 0. The van der Waals surface area contributed by atoms with Gasteiger partial charge in [0.25, 0.3) is 0 Å². The van der Waals surface area contributed by atoms with Crippen LogP contribution in [0.15, 0.2) is 23.8 Å². The fraction of sp³-hybridized carbons (Fsp3) is 0.455. The Morgan fingerprint density at radius 3 is 2.79 bits per heavy atom. The number of ketones is 1. The maximum atomic E-state index is 11.5. The lowest BCUT2D eigenvalue weighted by molar-refractivity contribution is -0.144. The Kier molecular flexibility index (Phi) is 4.11. The Morgan fingerprint density at radius 1 is 1.43 bits per heavy atom. The van der Waals surface area contributed by atoms with Gasteiger partial charge in [0.05, 0.1) is 6.61 Å². The normalized spacial score (nSPS) is 14.8. The molecule has 0 radical (unpaired) electrons. The van der Waals surface area contributed by atoms with Crippen LogP contribution in [0.2, 0.25) is 0 Å². The van der Waals surface area contributed by atoms with E-state index in [1.54, 1.807) is 13.0 Å². The van der Waals surface area contributed by atoms with E-state index in [1.165, 1.54) is 0 Å². The van der Waals surface area contributed by atoms with Crippen LogP contribution in [0.3, 0.4) is 0 Å². The highest BCUT2D eigenvalue weighted by Crippen LogP contribution is 2.12. The molecule has 3 heteroatoms. The van der Waals surface area contributed by atoms with Crippen LogP contribution in [0, 0.1) is 0 Å². The number of carbonyl (C=O) groups is 2. The summed E-state index contributed by atoms with van der Waals surface area (Å²) < 4.78 is 4.69. The molecule has 0 spiro atoms. The lowest BCUT2D eigenvalue weighted by Gasteiger charge is -2.05. The summed E-state index contributed by atoms with van der Waals surface area (Å²) in [5, 5.41) is 0. The third-order valence-corrected chi connectivity index (χ3v) is 1.93. The molecular weight excluding hydrogens is 180 g/mol. The van der Waals surface area contributed by atoms with Crippen molar-refractivity contribution in [1.82, 2.24) is 0 Å². The summed E-state index contributed by atoms with van der Waals surface area (Å²) in [6.07, 6.45) is 7.27. The van der Waals surface area contributed by atoms with Gasteiger partial charge in [-0.1, -0.05) is 18.2 Å². The molecule has 0 N–H and O–H groups in total. The largest absolute Gasteiger partial charge is 0.466 e. The molecule has 0 heterocycles. The molecule has 0 amide bonds. The standard InChI is InChI=1S/C11H14O3/c1-2-14-11(13)8-10(12)9-6-4-3-5-7-9/h4,6-7H,2-3,5,8H2,1H3. The first-order valence-electron chi connectivity index (χ1n) is 4.79. The zero-order valence-corrected chi connectivity index (χ0v) is 8.29. The van der Waals surface area contributed by atoms with Crippen LogP contribution in [-0.4, -0.2) is 18.4 Å². The predicted molar refractivity (Wildman–Crippen MR) is 52.7 cm³/mol. The van der Waals surface area contributed by atoms with Gasteiger partial charge in [0.15, 0.2) is 5.78 Å². The van der Waals surface area contributed by atoms with Gasteiger partial charge in [-0.25, -0.2) is 0 Å². The van der Waals surface area contributed by atoms with Gasteiger partial charge < -0.3 is 4.74 Å². The van der Waals surface area contributed by atoms with Crippen molar-refractivity contribution in [3.8, 4) is 0 Å². The van der Waals surface area contributed by atoms with Gasteiger partial charge in [0.1, 0.15) is 6.42 Å². The molecule has 0 aromatic heterocycles. The molecule has 0 unspecified atom stereocenters. The van der Waals surface area contributed by atoms with E-state index in [1.807, 2.05) is 12.2 Å². The Balaban J connectivity index is 2.45. The number of esters is 1. The maximum absolute atomic E-state index is 11.5. The molecule has 0 bridgehead atoms. The molecule has 0 aliphatic heterocycles. The summed E-state index contributed by atoms with van der Waals surface area (Å²) in [5.74, 6) is -0.600. The summed E-state index contributed by atoms with van der Waals surface area (Å²) in [7, 11) is 0. The number of ether oxygens (including phenoxy) is 1. The van der Waals surface area contributed by atoms with Gasteiger partial charge in [-0.3, -0.25) is 9.59 Å². The highest BCUT2D eigenvalue weighted by molar-refractivity contribution is 6.07. The molecular formula is C11H14O3. The highest BCUT2D eigenvalue weighted by Gasteiger charge is 2.13. The van der Waals surface area contributed by atoms with Crippen LogP contribution >= 0.6 is 0 Å². The van der Waals surface area contributed by atoms with E-state index in [2.05, 4.69) is 0 Å². The number of carbonyl (C=O) groups excluding carboxylic acids is 2. The van der Waals surface area contributed by atoms with Crippen LogP contribution < -0.4 is 0 Å². The Bertz CT molecular complexity index is 287. The van der Waals surface area contributed by atoms with Crippen LogP contribution in [0.25, 0.3) is 0 Å². The Morgan fingerprint density at radius 2 is 2.21 bits per heavy atom. The predicted octanol–water partition coefficient (Wildman–Crippen LogP) is 1.79. The second-order valence-corrected chi connectivity index (χ2v) is 3.04. The van der Waals surface area contributed by atoms with Gasteiger partial charge >= 0.3 is 5.97 Å². The fourth-order valence-corrected chi connectivity index (χ4v) is 1.27. The molecule has 0 aromatic rings. The molecule has 0 atom stereocenters. The van der Waals surface area contributed by atoms with Crippen LogP contribution in [0.5, 0.6) is 0 Å². The molecule has 1 aliphatic rings. The third-order valence-electron chi connectivity index (χ3n) is 1.93. The molecule has 0 saturated carbocycles. The molecule has 1 aliphatic carbocycles. The monoisotopic (exact) mass is 194 g/mol. The zero-order chi connectivity index (χ0) is 10.4. The van der Waals surface area contributed by atoms with Crippen molar-refractivity contribution < 1.29 is 14.3 Å². The van der Waals surface area contributed by atoms with E-state index in [9.17, 15) is 9.59 Å². The SMILES string of the molecule is CCOC(=O)CC(=O)C1=CCCC=C1. The number of hydrogen-bond acceptors (Lipinski definition) is 3. The molecule has 0 saturated heterocycles. The molecule has 3 nitrogen and oxygen atoms in total. The molecule has 0 fully saturated rings. The smallest absolute Gasteiger partial charge is 0.313 e. The summed E-state index contributed by atoms with van der Waals surface area (Å²) in [4.78, 5) is 22.5. The minimum Gasteiger partial charge on any atom is -0.466 e. The third kappa shape index (κ3) is 3.17. The number of rotatable bonds is 4. The second-order valence-electron chi connectivity index (χ2n) is 3.04. The Labute approximate surface area is 83.4 Å². The topological polar surface area (TPSA) is 43.4 Å². The van der Waals surface area contributed by atoms with Crippen molar-refractivity contribution >= 4 is 11.8 Å². The van der Waals surface area contributed by atoms with Gasteiger partial charge in [-0.15, -0.1) is 0 Å². The average molecular weight is 194 g/mol. The lowest BCUT2D eigenvalue weighted by Crippen LogP contribution is -2.12. The van der Waals surface area contributed by atoms with E-state index in [0.29, 0.717) is 12.2 Å². The summed E-state index contributed by atoms with van der Waals surface area (Å²) in [6.45, 7) is 2.04. The molecule has 0 aromatic carbocycles. The first-order chi connectivity index (χ1) is 6.74. The first kappa shape index (κ1) is 10.7. The molecule has 14 heavy (non-hydrogen) atoms. The van der Waals surface area contributed by atoms with Crippen molar-refractivity contribution in [3.63, 3.8) is 0 Å². The molecule has 76 valence electrons. The van der Waals surface area contributed by atoms with Gasteiger partial charge in [0, 0.05) is 5.57 Å². The van der Waals surface area contributed by atoms with Crippen LogP contribution in [0.4, 0.5) is 0 Å². The van der Waals surface area contributed by atoms with Crippen LogP contribution in [0.1, 0.15) is 26.2 Å². The first-order valence-corrected chi connectivity index (χ1v) is 4.79. The van der Waals surface area contributed by atoms with Gasteiger partial charge in [0.2, 0.25) is 0 Å². The molecule has 1 rings (SSSR count). The van der Waals surface area contributed by atoms with E-state index in [0.717, 1.165) is 12.8 Å². The second kappa shape index (κ2) is 5.37. The van der Waals surface area contributed by atoms with Crippen molar-refractivity contribution in [1.29, 1.82) is 0 Å². The number of hydrogen-bond donors (Lipinski definition) is 0. The quantitative estimate of drug-likeness (QED) is 0.506. The summed E-state index contributed by atoms with van der Waals surface area (Å²) in [6, 6.07) is 0. The van der Waals surface area contributed by atoms with E-state index in [-0.39, 0.29) is 12.2 Å². The minimum atomic E-state index is -0.447. The highest BCUT2D eigenvalue weighted by atomic mass is 16.5. The average Bonchev–Trinajstić information content (AvgIpc) is 2.19. The minimum absolute atomic E-state index is 0.149. The van der Waals surface area contributed by atoms with Crippen molar-refractivity contribution in [2.45, 2.75) is 26.2 Å². The number of allylic oxidation sites excluding steroid dienone is 4.